The zero-order chi connectivity index (χ0) is 8.69. The SMILES string of the molecule is CCCC[C@H](C)C[C@@H](C)CCl. The molecule has 0 aliphatic heterocycles. The van der Waals surface area contributed by atoms with E-state index >= 15 is 0 Å². The number of halogens is 1. The molecule has 0 unspecified atom stereocenters. The Hall–Kier alpha value is 0.290. The average molecular weight is 177 g/mol. The van der Waals surface area contributed by atoms with Crippen molar-refractivity contribution in [1.82, 2.24) is 0 Å². The minimum absolute atomic E-state index is 0.698. The van der Waals surface area contributed by atoms with Gasteiger partial charge in [0, 0.05) is 5.88 Å². The first kappa shape index (κ1) is 11.3. The number of hydrogen-bond donors (Lipinski definition) is 0. The zero-order valence-electron chi connectivity index (χ0n) is 8.07. The molecule has 0 aromatic rings. The maximum absolute atomic E-state index is 5.73. The Labute approximate surface area is 76.3 Å². The molecule has 0 amide bonds. The fourth-order valence-corrected chi connectivity index (χ4v) is 1.55. The molecule has 0 aromatic carbocycles. The minimum atomic E-state index is 0.698. The lowest BCUT2D eigenvalue weighted by molar-refractivity contribution is 0.406. The van der Waals surface area contributed by atoms with Gasteiger partial charge >= 0.3 is 0 Å². The number of alkyl halides is 1. The van der Waals surface area contributed by atoms with Crippen LogP contribution in [0.25, 0.3) is 0 Å². The molecule has 11 heavy (non-hydrogen) atoms. The summed E-state index contributed by atoms with van der Waals surface area (Å²) in [6.07, 6.45) is 5.36. The van der Waals surface area contributed by atoms with Gasteiger partial charge in [0.1, 0.15) is 0 Å². The summed E-state index contributed by atoms with van der Waals surface area (Å²) in [6.45, 7) is 6.81. The summed E-state index contributed by atoms with van der Waals surface area (Å²) in [4.78, 5) is 0. The molecule has 0 spiro atoms. The molecule has 0 nitrogen and oxygen atoms in total. The van der Waals surface area contributed by atoms with Crippen LogP contribution in [0.1, 0.15) is 46.5 Å². The van der Waals surface area contributed by atoms with Crippen LogP contribution in [0.5, 0.6) is 0 Å². The van der Waals surface area contributed by atoms with Crippen molar-refractivity contribution in [2.45, 2.75) is 46.5 Å². The predicted molar refractivity (Wildman–Crippen MR) is 53.2 cm³/mol. The van der Waals surface area contributed by atoms with E-state index in [2.05, 4.69) is 20.8 Å². The first-order chi connectivity index (χ1) is 5.20. The quantitative estimate of drug-likeness (QED) is 0.535. The fraction of sp³-hybridized carbons (Fsp3) is 1.00. The lowest BCUT2D eigenvalue weighted by atomic mass is 9.94. The molecule has 0 fully saturated rings. The second kappa shape index (κ2) is 6.97. The fourth-order valence-electron chi connectivity index (χ4n) is 1.42. The van der Waals surface area contributed by atoms with Gasteiger partial charge in [0.05, 0.1) is 0 Å². The summed E-state index contributed by atoms with van der Waals surface area (Å²) < 4.78 is 0. The van der Waals surface area contributed by atoms with Crippen molar-refractivity contribution in [3.05, 3.63) is 0 Å². The van der Waals surface area contributed by atoms with Crippen molar-refractivity contribution >= 4 is 11.6 Å². The Balaban J connectivity index is 3.27. The molecule has 0 saturated heterocycles. The number of rotatable bonds is 6. The smallest absolute Gasteiger partial charge is 0.0249 e. The van der Waals surface area contributed by atoms with E-state index in [9.17, 15) is 0 Å². The summed E-state index contributed by atoms with van der Waals surface area (Å²) >= 11 is 5.73. The highest BCUT2D eigenvalue weighted by molar-refractivity contribution is 6.18. The Morgan fingerprint density at radius 1 is 1.18 bits per heavy atom. The summed E-state index contributed by atoms with van der Waals surface area (Å²) in [6, 6.07) is 0. The van der Waals surface area contributed by atoms with Crippen LogP contribution in [0, 0.1) is 11.8 Å². The molecule has 0 aromatic heterocycles. The normalized spacial score (nSPS) is 16.4. The highest BCUT2D eigenvalue weighted by Crippen LogP contribution is 2.18. The van der Waals surface area contributed by atoms with Gasteiger partial charge in [-0.3, -0.25) is 0 Å². The Kier molecular flexibility index (Phi) is 7.15. The van der Waals surface area contributed by atoms with Gasteiger partial charge in [-0.1, -0.05) is 40.0 Å². The van der Waals surface area contributed by atoms with Crippen LogP contribution in [0.15, 0.2) is 0 Å². The molecule has 2 atom stereocenters. The van der Waals surface area contributed by atoms with E-state index in [1.165, 1.54) is 25.7 Å². The Morgan fingerprint density at radius 2 is 1.82 bits per heavy atom. The van der Waals surface area contributed by atoms with Crippen molar-refractivity contribution in [2.24, 2.45) is 11.8 Å². The van der Waals surface area contributed by atoms with Gasteiger partial charge in [-0.05, 0) is 18.3 Å². The van der Waals surface area contributed by atoms with Gasteiger partial charge in [0.25, 0.3) is 0 Å². The molecule has 1 heteroatoms. The topological polar surface area (TPSA) is 0 Å². The van der Waals surface area contributed by atoms with Crippen LogP contribution < -0.4 is 0 Å². The maximum Gasteiger partial charge on any atom is 0.0249 e. The van der Waals surface area contributed by atoms with Crippen LogP contribution in [0.2, 0.25) is 0 Å². The lowest BCUT2D eigenvalue weighted by Gasteiger charge is -2.14. The molecule has 0 heterocycles. The van der Waals surface area contributed by atoms with Crippen molar-refractivity contribution < 1.29 is 0 Å². The average Bonchev–Trinajstić information content (AvgIpc) is 2.00. The molecule has 0 aliphatic carbocycles. The van der Waals surface area contributed by atoms with E-state index in [1.54, 1.807) is 0 Å². The molecule has 0 rings (SSSR count). The van der Waals surface area contributed by atoms with Crippen LogP contribution >= 0.6 is 11.6 Å². The van der Waals surface area contributed by atoms with Gasteiger partial charge in [0.2, 0.25) is 0 Å². The summed E-state index contributed by atoms with van der Waals surface area (Å²) in [5.41, 5.74) is 0. The van der Waals surface area contributed by atoms with E-state index in [1.807, 2.05) is 0 Å². The summed E-state index contributed by atoms with van der Waals surface area (Å²) in [5, 5.41) is 0. The van der Waals surface area contributed by atoms with Crippen molar-refractivity contribution in [3.8, 4) is 0 Å². The zero-order valence-corrected chi connectivity index (χ0v) is 8.82. The van der Waals surface area contributed by atoms with Gasteiger partial charge in [-0.2, -0.15) is 0 Å². The standard InChI is InChI=1S/C10H21Cl/c1-4-5-6-9(2)7-10(3)8-11/h9-10H,4-8H2,1-3H3/t9-,10+/m0/s1. The molecular formula is C10H21Cl. The van der Waals surface area contributed by atoms with Gasteiger partial charge in [-0.25, -0.2) is 0 Å². The van der Waals surface area contributed by atoms with Crippen molar-refractivity contribution in [1.29, 1.82) is 0 Å². The first-order valence-electron chi connectivity index (χ1n) is 4.76. The molecule has 0 N–H and O–H groups in total. The predicted octanol–water partition coefficient (Wildman–Crippen LogP) is 4.08. The second-order valence-corrected chi connectivity index (χ2v) is 4.05. The van der Waals surface area contributed by atoms with E-state index in [0.717, 1.165) is 11.8 Å². The van der Waals surface area contributed by atoms with Crippen LogP contribution in [0.4, 0.5) is 0 Å². The third kappa shape index (κ3) is 6.68. The van der Waals surface area contributed by atoms with E-state index < -0.39 is 0 Å². The van der Waals surface area contributed by atoms with Crippen LogP contribution in [-0.4, -0.2) is 5.88 Å². The third-order valence-corrected chi connectivity index (χ3v) is 2.65. The van der Waals surface area contributed by atoms with Crippen molar-refractivity contribution in [3.63, 3.8) is 0 Å². The van der Waals surface area contributed by atoms with Crippen LogP contribution in [-0.2, 0) is 0 Å². The van der Waals surface area contributed by atoms with E-state index in [-0.39, 0.29) is 0 Å². The minimum Gasteiger partial charge on any atom is -0.126 e. The molecule has 68 valence electrons. The largest absolute Gasteiger partial charge is 0.126 e. The monoisotopic (exact) mass is 176 g/mol. The summed E-state index contributed by atoms with van der Waals surface area (Å²) in [7, 11) is 0. The van der Waals surface area contributed by atoms with E-state index in [4.69, 9.17) is 11.6 Å². The molecule has 0 radical (unpaired) electrons. The highest BCUT2D eigenvalue weighted by atomic mass is 35.5. The summed E-state index contributed by atoms with van der Waals surface area (Å²) in [5.74, 6) is 2.38. The number of hydrogen-bond acceptors (Lipinski definition) is 0. The first-order valence-corrected chi connectivity index (χ1v) is 5.30. The third-order valence-electron chi connectivity index (χ3n) is 2.12. The molecule has 0 aliphatic rings. The number of unbranched alkanes of at least 4 members (excludes halogenated alkanes) is 1. The van der Waals surface area contributed by atoms with Gasteiger partial charge < -0.3 is 0 Å². The van der Waals surface area contributed by atoms with Gasteiger partial charge in [0.15, 0.2) is 0 Å². The Morgan fingerprint density at radius 3 is 2.27 bits per heavy atom. The van der Waals surface area contributed by atoms with Crippen molar-refractivity contribution in [2.75, 3.05) is 5.88 Å². The second-order valence-electron chi connectivity index (χ2n) is 3.74. The van der Waals surface area contributed by atoms with Gasteiger partial charge in [-0.15, -0.1) is 11.6 Å². The van der Waals surface area contributed by atoms with Crippen LogP contribution in [0.3, 0.4) is 0 Å². The molecule has 0 saturated carbocycles. The Bertz CT molecular complexity index is 80.9. The molecular weight excluding hydrogens is 156 g/mol. The molecule has 0 bridgehead atoms. The lowest BCUT2D eigenvalue weighted by Crippen LogP contribution is -2.04. The highest BCUT2D eigenvalue weighted by Gasteiger charge is 2.06. The van der Waals surface area contributed by atoms with E-state index in [0.29, 0.717) is 5.92 Å². The maximum atomic E-state index is 5.73.